The maximum atomic E-state index is 12.4. The first-order chi connectivity index (χ1) is 9.83. The van der Waals surface area contributed by atoms with Gasteiger partial charge in [0.1, 0.15) is 0 Å². The summed E-state index contributed by atoms with van der Waals surface area (Å²) < 4.78 is 6.33. The third-order valence-corrected chi connectivity index (χ3v) is 4.68. The molecule has 0 atom stereocenters. The standard InChI is InChI=1S/C16H23BrN2O2.ClH/c1-15(2,12-3-5-13(17)6-4-12)11-19-14(20)16(18)7-9-21-10-8-16;/h3-6H,7-11,18H2,1-2H3,(H,19,20);1H. The highest BCUT2D eigenvalue weighted by Crippen LogP contribution is 2.25. The van der Waals surface area contributed by atoms with E-state index in [4.69, 9.17) is 10.5 Å². The van der Waals surface area contributed by atoms with E-state index in [1.165, 1.54) is 5.56 Å². The maximum Gasteiger partial charge on any atom is 0.240 e. The molecule has 22 heavy (non-hydrogen) atoms. The molecular weight excluding hydrogens is 368 g/mol. The Labute approximate surface area is 146 Å². The molecule has 0 aromatic heterocycles. The lowest BCUT2D eigenvalue weighted by atomic mass is 9.84. The molecule has 0 aliphatic carbocycles. The molecule has 1 heterocycles. The molecule has 6 heteroatoms. The van der Waals surface area contributed by atoms with Gasteiger partial charge >= 0.3 is 0 Å². The van der Waals surface area contributed by atoms with E-state index in [2.05, 4.69) is 47.2 Å². The Morgan fingerprint density at radius 1 is 1.32 bits per heavy atom. The second kappa shape index (κ2) is 7.77. The first-order valence-corrected chi connectivity index (χ1v) is 8.04. The SMILES string of the molecule is CC(C)(CNC(=O)C1(N)CCOCC1)c1ccc(Br)cc1.Cl. The number of hydrogen-bond donors (Lipinski definition) is 2. The summed E-state index contributed by atoms with van der Waals surface area (Å²) >= 11 is 3.44. The number of hydrogen-bond acceptors (Lipinski definition) is 3. The van der Waals surface area contributed by atoms with Crippen molar-refractivity contribution in [2.24, 2.45) is 5.73 Å². The van der Waals surface area contributed by atoms with E-state index >= 15 is 0 Å². The van der Waals surface area contributed by atoms with E-state index in [1.54, 1.807) is 0 Å². The fourth-order valence-corrected chi connectivity index (χ4v) is 2.71. The van der Waals surface area contributed by atoms with Gasteiger partial charge in [0, 0.05) is 29.6 Å². The number of ether oxygens (including phenoxy) is 1. The Hall–Kier alpha value is -0.620. The number of benzene rings is 1. The topological polar surface area (TPSA) is 64.4 Å². The monoisotopic (exact) mass is 390 g/mol. The van der Waals surface area contributed by atoms with Gasteiger partial charge in [0.05, 0.1) is 5.54 Å². The molecule has 1 aliphatic rings. The largest absolute Gasteiger partial charge is 0.381 e. The summed E-state index contributed by atoms with van der Waals surface area (Å²) in [6, 6.07) is 8.18. The minimum atomic E-state index is -0.784. The smallest absolute Gasteiger partial charge is 0.240 e. The fraction of sp³-hybridized carbons (Fsp3) is 0.562. The zero-order valence-corrected chi connectivity index (χ0v) is 15.4. The molecule has 2 rings (SSSR count). The first kappa shape index (κ1) is 19.4. The van der Waals surface area contributed by atoms with Crippen LogP contribution in [0.5, 0.6) is 0 Å². The zero-order chi connectivity index (χ0) is 15.5. The summed E-state index contributed by atoms with van der Waals surface area (Å²) in [5.41, 5.74) is 6.45. The van der Waals surface area contributed by atoms with Crippen LogP contribution in [0.2, 0.25) is 0 Å². The van der Waals surface area contributed by atoms with E-state index in [-0.39, 0.29) is 23.7 Å². The molecule has 124 valence electrons. The molecule has 1 aliphatic heterocycles. The van der Waals surface area contributed by atoms with Crippen LogP contribution in [0.4, 0.5) is 0 Å². The van der Waals surface area contributed by atoms with Crippen molar-refractivity contribution >= 4 is 34.2 Å². The van der Waals surface area contributed by atoms with Crippen molar-refractivity contribution in [3.63, 3.8) is 0 Å². The van der Waals surface area contributed by atoms with Crippen molar-refractivity contribution in [2.45, 2.75) is 37.6 Å². The van der Waals surface area contributed by atoms with Gasteiger partial charge in [-0.15, -0.1) is 12.4 Å². The molecular formula is C16H24BrClN2O2. The van der Waals surface area contributed by atoms with Crippen LogP contribution in [-0.2, 0) is 14.9 Å². The van der Waals surface area contributed by atoms with Crippen molar-refractivity contribution < 1.29 is 9.53 Å². The van der Waals surface area contributed by atoms with Gasteiger partial charge in [-0.3, -0.25) is 4.79 Å². The van der Waals surface area contributed by atoms with Gasteiger partial charge in [-0.05, 0) is 30.5 Å². The molecule has 0 bridgehead atoms. The quantitative estimate of drug-likeness (QED) is 0.829. The number of carbonyl (C=O) groups excluding carboxylic acids is 1. The molecule has 1 amide bonds. The highest BCUT2D eigenvalue weighted by Gasteiger charge is 2.36. The van der Waals surface area contributed by atoms with Crippen molar-refractivity contribution in [2.75, 3.05) is 19.8 Å². The molecule has 0 unspecified atom stereocenters. The van der Waals surface area contributed by atoms with Crippen LogP contribution in [0, 0.1) is 0 Å². The maximum absolute atomic E-state index is 12.4. The molecule has 0 radical (unpaired) electrons. The summed E-state index contributed by atoms with van der Waals surface area (Å²) in [5.74, 6) is -0.0732. The van der Waals surface area contributed by atoms with Gasteiger partial charge in [-0.25, -0.2) is 0 Å². The van der Waals surface area contributed by atoms with Gasteiger partial charge in [0.2, 0.25) is 5.91 Å². The van der Waals surface area contributed by atoms with Crippen LogP contribution >= 0.6 is 28.3 Å². The minimum Gasteiger partial charge on any atom is -0.381 e. The Kier molecular flexibility index (Phi) is 6.86. The van der Waals surface area contributed by atoms with Crippen LogP contribution < -0.4 is 11.1 Å². The lowest BCUT2D eigenvalue weighted by molar-refractivity contribution is -0.130. The first-order valence-electron chi connectivity index (χ1n) is 7.24. The lowest BCUT2D eigenvalue weighted by Gasteiger charge is -2.34. The number of carbonyl (C=O) groups is 1. The average molecular weight is 392 g/mol. The Morgan fingerprint density at radius 3 is 2.41 bits per heavy atom. The van der Waals surface area contributed by atoms with Crippen LogP contribution in [-0.4, -0.2) is 31.2 Å². The average Bonchev–Trinajstić information content (AvgIpc) is 2.46. The fourth-order valence-electron chi connectivity index (χ4n) is 2.44. The van der Waals surface area contributed by atoms with E-state index < -0.39 is 5.54 Å². The number of halogens is 2. The molecule has 3 N–H and O–H groups in total. The lowest BCUT2D eigenvalue weighted by Crippen LogP contribution is -2.58. The third kappa shape index (κ3) is 4.69. The number of amides is 1. The van der Waals surface area contributed by atoms with Gasteiger partial charge < -0.3 is 15.8 Å². The van der Waals surface area contributed by atoms with E-state index in [0.29, 0.717) is 32.6 Å². The van der Waals surface area contributed by atoms with Crippen LogP contribution in [0.15, 0.2) is 28.7 Å². The molecule has 1 aromatic carbocycles. The number of nitrogens with two attached hydrogens (primary N) is 1. The number of nitrogens with one attached hydrogen (secondary N) is 1. The Bertz CT molecular complexity index is 499. The normalized spacial score (nSPS) is 17.5. The van der Waals surface area contributed by atoms with Crippen molar-refractivity contribution in [3.05, 3.63) is 34.3 Å². The summed E-state index contributed by atoms with van der Waals surface area (Å²) in [6.45, 7) is 5.90. The Balaban J connectivity index is 0.00000242. The van der Waals surface area contributed by atoms with E-state index in [0.717, 1.165) is 4.47 Å². The highest BCUT2D eigenvalue weighted by molar-refractivity contribution is 9.10. The van der Waals surface area contributed by atoms with Crippen LogP contribution in [0.3, 0.4) is 0 Å². The molecule has 4 nitrogen and oxygen atoms in total. The van der Waals surface area contributed by atoms with Crippen LogP contribution in [0.25, 0.3) is 0 Å². The van der Waals surface area contributed by atoms with Crippen molar-refractivity contribution in [3.8, 4) is 0 Å². The van der Waals surface area contributed by atoms with Gasteiger partial charge in [-0.1, -0.05) is 41.9 Å². The molecule has 1 fully saturated rings. The summed E-state index contributed by atoms with van der Waals surface area (Å²) in [5, 5.41) is 3.02. The van der Waals surface area contributed by atoms with E-state index in [9.17, 15) is 4.79 Å². The third-order valence-electron chi connectivity index (χ3n) is 4.15. The second-order valence-corrected chi connectivity index (χ2v) is 7.26. The summed E-state index contributed by atoms with van der Waals surface area (Å²) in [4.78, 5) is 12.4. The molecule has 1 aromatic rings. The summed E-state index contributed by atoms with van der Waals surface area (Å²) in [7, 11) is 0. The summed E-state index contributed by atoms with van der Waals surface area (Å²) in [6.07, 6.45) is 1.16. The van der Waals surface area contributed by atoms with Gasteiger partial charge in [0.25, 0.3) is 0 Å². The predicted octanol–water partition coefficient (Wildman–Crippen LogP) is 2.77. The minimum absolute atomic E-state index is 0. The van der Waals surface area contributed by atoms with Gasteiger partial charge in [-0.2, -0.15) is 0 Å². The van der Waals surface area contributed by atoms with E-state index in [1.807, 2.05) is 12.1 Å². The molecule has 1 saturated heterocycles. The van der Waals surface area contributed by atoms with Crippen molar-refractivity contribution in [1.29, 1.82) is 0 Å². The molecule has 0 saturated carbocycles. The van der Waals surface area contributed by atoms with Crippen molar-refractivity contribution in [1.82, 2.24) is 5.32 Å². The zero-order valence-electron chi connectivity index (χ0n) is 13.0. The Morgan fingerprint density at radius 2 is 1.86 bits per heavy atom. The van der Waals surface area contributed by atoms with Crippen LogP contribution in [0.1, 0.15) is 32.3 Å². The number of rotatable bonds is 4. The molecule has 0 spiro atoms. The highest BCUT2D eigenvalue weighted by atomic mass is 79.9. The predicted molar refractivity (Wildman–Crippen MR) is 94.4 cm³/mol. The van der Waals surface area contributed by atoms with Gasteiger partial charge in [0.15, 0.2) is 0 Å². The second-order valence-electron chi connectivity index (χ2n) is 6.34.